The molecule has 0 radical (unpaired) electrons. The van der Waals surface area contributed by atoms with Crippen LogP contribution in [0.5, 0.6) is 0 Å². The van der Waals surface area contributed by atoms with Crippen molar-refractivity contribution in [3.8, 4) is 0 Å². The maximum atomic E-state index is 5.69. The molecule has 1 aliphatic heterocycles. The van der Waals surface area contributed by atoms with Crippen molar-refractivity contribution < 1.29 is 9.47 Å². The summed E-state index contributed by atoms with van der Waals surface area (Å²) in [6, 6.07) is 0. The first kappa shape index (κ1) is 20.3. The molecule has 1 fully saturated rings. The van der Waals surface area contributed by atoms with Crippen LogP contribution < -0.4 is 0 Å². The van der Waals surface area contributed by atoms with Gasteiger partial charge in [0.25, 0.3) is 0 Å². The number of thiazole rings is 1. The van der Waals surface area contributed by atoms with Crippen molar-refractivity contribution in [1.29, 1.82) is 0 Å². The number of aromatic amines is 1. The van der Waals surface area contributed by atoms with Crippen molar-refractivity contribution in [2.75, 3.05) is 40.0 Å². The third kappa shape index (κ3) is 5.39. The Bertz CT molecular complexity index is 475. The highest BCUT2D eigenvalue weighted by Gasteiger charge is 2.37. The Labute approximate surface area is 151 Å². The fourth-order valence-corrected chi connectivity index (χ4v) is 4.87. The lowest BCUT2D eigenvalue weighted by atomic mass is 9.93. The van der Waals surface area contributed by atoms with E-state index >= 15 is 0 Å². The van der Waals surface area contributed by atoms with Crippen LogP contribution >= 0.6 is 39.5 Å². The summed E-state index contributed by atoms with van der Waals surface area (Å²) in [7, 11) is 1.75. The molecule has 4 nitrogen and oxygen atoms in total. The molecule has 0 spiro atoms. The van der Waals surface area contributed by atoms with Gasteiger partial charge in [-0.05, 0) is 47.8 Å². The van der Waals surface area contributed by atoms with Gasteiger partial charge >= 0.3 is 0 Å². The summed E-state index contributed by atoms with van der Waals surface area (Å²) >= 11 is 10.2. The summed E-state index contributed by atoms with van der Waals surface area (Å²) in [6.45, 7) is 11.6. The summed E-state index contributed by atoms with van der Waals surface area (Å²) in [4.78, 5) is 6.62. The minimum absolute atomic E-state index is 0.227. The minimum Gasteiger partial charge on any atom is -0.381 e. The van der Waals surface area contributed by atoms with E-state index in [2.05, 4.69) is 46.6 Å². The first-order chi connectivity index (χ1) is 10.5. The predicted molar refractivity (Wildman–Crippen MR) is 99.4 cm³/mol. The van der Waals surface area contributed by atoms with Crippen LogP contribution in [0.15, 0.2) is 4.60 Å². The summed E-state index contributed by atoms with van der Waals surface area (Å²) in [6.07, 6.45) is 1.76. The molecule has 0 bridgehead atoms. The lowest BCUT2D eigenvalue weighted by Gasteiger charge is -2.35. The van der Waals surface area contributed by atoms with Crippen LogP contribution in [0, 0.1) is 3.95 Å². The number of rotatable bonds is 5. The van der Waals surface area contributed by atoms with Gasteiger partial charge < -0.3 is 19.4 Å². The van der Waals surface area contributed by atoms with Gasteiger partial charge in [0, 0.05) is 33.2 Å². The van der Waals surface area contributed by atoms with Crippen molar-refractivity contribution in [1.82, 2.24) is 9.88 Å². The third-order valence-corrected chi connectivity index (χ3v) is 6.33. The quantitative estimate of drug-likeness (QED) is 0.721. The van der Waals surface area contributed by atoms with Crippen LogP contribution in [0.4, 0.5) is 0 Å². The second-order valence-corrected chi connectivity index (χ2v) is 7.57. The molecule has 128 valence electrons. The molecule has 22 heavy (non-hydrogen) atoms. The van der Waals surface area contributed by atoms with Gasteiger partial charge in [-0.25, -0.2) is 0 Å². The van der Waals surface area contributed by atoms with Crippen molar-refractivity contribution in [3.05, 3.63) is 13.4 Å². The van der Waals surface area contributed by atoms with Crippen LogP contribution in [0.1, 0.15) is 38.5 Å². The number of nitrogens with one attached hydrogen (secondary N) is 1. The second kappa shape index (κ2) is 10.2. The van der Waals surface area contributed by atoms with Gasteiger partial charge in [0.15, 0.2) is 3.95 Å². The fraction of sp³-hybridized carbons (Fsp3) is 0.800. The third-order valence-electron chi connectivity index (χ3n) is 4.05. The number of hydrogen-bond acceptors (Lipinski definition) is 5. The standard InChI is InChI=1S/C9H12BrNO2S2.C6H15N/c1-12-9(2-4-13-5-3-9)6-7(10)11-8(14)15-6;1-4-7(5-2)6-3/h2-5H2,1H3,(H,11,14);4-6H2,1-3H3. The highest BCUT2D eigenvalue weighted by atomic mass is 79.9. The molecular formula is C15H27BrN2O2S2. The van der Waals surface area contributed by atoms with E-state index in [1.165, 1.54) is 19.6 Å². The van der Waals surface area contributed by atoms with E-state index in [0.29, 0.717) is 0 Å². The van der Waals surface area contributed by atoms with Gasteiger partial charge in [0.2, 0.25) is 0 Å². The Morgan fingerprint density at radius 3 is 2.14 bits per heavy atom. The average molecular weight is 411 g/mol. The first-order valence-electron chi connectivity index (χ1n) is 7.77. The van der Waals surface area contributed by atoms with E-state index in [0.717, 1.165) is 39.5 Å². The van der Waals surface area contributed by atoms with Gasteiger partial charge in [0.1, 0.15) is 5.60 Å². The molecule has 0 aliphatic carbocycles. The first-order valence-corrected chi connectivity index (χ1v) is 9.79. The van der Waals surface area contributed by atoms with Crippen LogP contribution in [0.25, 0.3) is 0 Å². The lowest BCUT2D eigenvalue weighted by molar-refractivity contribution is -0.0930. The van der Waals surface area contributed by atoms with Crippen molar-refractivity contribution in [2.45, 2.75) is 39.2 Å². The molecule has 7 heteroatoms. The number of ether oxygens (including phenoxy) is 2. The number of H-pyrrole nitrogens is 1. The second-order valence-electron chi connectivity index (χ2n) is 5.09. The highest BCUT2D eigenvalue weighted by Crippen LogP contribution is 2.41. The fourth-order valence-electron chi connectivity index (χ4n) is 2.50. The maximum absolute atomic E-state index is 5.69. The molecule has 0 aromatic carbocycles. The number of methoxy groups -OCH3 is 1. The molecule has 1 aliphatic rings. The van der Waals surface area contributed by atoms with Gasteiger partial charge in [-0.15, -0.1) is 11.3 Å². The van der Waals surface area contributed by atoms with Gasteiger partial charge in [0.05, 0.1) is 9.48 Å². The normalized spacial score (nSPS) is 17.2. The number of aromatic nitrogens is 1. The van der Waals surface area contributed by atoms with E-state index in [-0.39, 0.29) is 5.60 Å². The Morgan fingerprint density at radius 2 is 1.82 bits per heavy atom. The molecule has 0 atom stereocenters. The van der Waals surface area contributed by atoms with E-state index in [1.807, 2.05) is 0 Å². The van der Waals surface area contributed by atoms with Crippen molar-refractivity contribution >= 4 is 39.5 Å². The maximum Gasteiger partial charge on any atom is 0.159 e. The Morgan fingerprint density at radius 1 is 1.27 bits per heavy atom. The predicted octanol–water partition coefficient (Wildman–Crippen LogP) is 4.57. The van der Waals surface area contributed by atoms with Gasteiger partial charge in [-0.2, -0.15) is 0 Å². The highest BCUT2D eigenvalue weighted by molar-refractivity contribution is 9.10. The summed E-state index contributed by atoms with van der Waals surface area (Å²) in [5, 5.41) is 0. The van der Waals surface area contributed by atoms with Crippen LogP contribution in [-0.4, -0.2) is 49.8 Å². The Hall–Kier alpha value is 0.210. The van der Waals surface area contributed by atoms with E-state index < -0.39 is 0 Å². The van der Waals surface area contributed by atoms with Crippen LogP contribution in [0.2, 0.25) is 0 Å². The monoisotopic (exact) mass is 410 g/mol. The van der Waals surface area contributed by atoms with Crippen molar-refractivity contribution in [3.63, 3.8) is 0 Å². The smallest absolute Gasteiger partial charge is 0.159 e. The van der Waals surface area contributed by atoms with Crippen LogP contribution in [-0.2, 0) is 15.1 Å². The largest absolute Gasteiger partial charge is 0.381 e. The molecule has 0 saturated carbocycles. The summed E-state index contributed by atoms with van der Waals surface area (Å²) in [5.41, 5.74) is -0.227. The molecule has 1 saturated heterocycles. The summed E-state index contributed by atoms with van der Waals surface area (Å²) < 4.78 is 12.8. The minimum atomic E-state index is -0.227. The van der Waals surface area contributed by atoms with Crippen molar-refractivity contribution in [2.24, 2.45) is 0 Å². The molecule has 1 aromatic heterocycles. The molecule has 1 N–H and O–H groups in total. The van der Waals surface area contributed by atoms with Crippen LogP contribution in [0.3, 0.4) is 0 Å². The zero-order valence-corrected chi connectivity index (χ0v) is 17.1. The molecule has 0 unspecified atom stereocenters. The Kier molecular flexibility index (Phi) is 9.35. The van der Waals surface area contributed by atoms with E-state index in [1.54, 1.807) is 18.4 Å². The summed E-state index contributed by atoms with van der Waals surface area (Å²) in [5.74, 6) is 0. The molecule has 0 amide bonds. The lowest BCUT2D eigenvalue weighted by Crippen LogP contribution is -2.35. The zero-order chi connectivity index (χ0) is 16.6. The molecule has 2 rings (SSSR count). The SMILES string of the molecule is CCN(CC)CC.COC1(c2sc(=S)[nH]c2Br)CCOCC1. The van der Waals surface area contributed by atoms with Gasteiger partial charge in [-0.3, -0.25) is 0 Å². The molecular weight excluding hydrogens is 384 g/mol. The zero-order valence-electron chi connectivity index (χ0n) is 13.9. The van der Waals surface area contributed by atoms with E-state index in [9.17, 15) is 0 Å². The molecule has 1 aromatic rings. The Balaban J connectivity index is 0.000000295. The number of nitrogens with zero attached hydrogens (tertiary/aromatic N) is 1. The molecule has 2 heterocycles. The number of hydrogen-bond donors (Lipinski definition) is 1. The topological polar surface area (TPSA) is 37.5 Å². The number of halogens is 1. The average Bonchev–Trinajstić information content (AvgIpc) is 2.89. The van der Waals surface area contributed by atoms with E-state index in [4.69, 9.17) is 21.7 Å². The van der Waals surface area contributed by atoms with Gasteiger partial charge in [-0.1, -0.05) is 20.8 Å².